The molecule has 0 spiro atoms. The van der Waals surface area contributed by atoms with Crippen LogP contribution in [0.2, 0.25) is 0 Å². The molecule has 0 saturated heterocycles. The van der Waals surface area contributed by atoms with E-state index in [9.17, 15) is 14.9 Å². The summed E-state index contributed by atoms with van der Waals surface area (Å²) in [4.78, 5) is 20.6. The molecule has 7 heteroatoms. The first kappa shape index (κ1) is 12.1. The normalized spacial score (nSPS) is 14.0. The number of rotatable bonds is 4. The molecule has 1 atom stereocenters. The van der Waals surface area contributed by atoms with E-state index in [0.717, 1.165) is 12.2 Å². The second-order valence-corrected chi connectivity index (χ2v) is 2.45. The first-order valence-corrected chi connectivity index (χ1v) is 3.78. The monoisotopic (exact) mass is 201 g/mol. The van der Waals surface area contributed by atoms with Gasteiger partial charge in [0.2, 0.25) is 6.04 Å². The quantitative estimate of drug-likeness (QED) is 0.284. The number of hydrogen-bond acceptors (Lipinski definition) is 5. The van der Waals surface area contributed by atoms with Crippen molar-refractivity contribution in [3.05, 3.63) is 22.3 Å². The average molecular weight is 201 g/mol. The largest absolute Gasteiger partial charge is 0.410 e. The fourth-order valence-electron chi connectivity index (χ4n) is 0.583. The Morgan fingerprint density at radius 3 is 2.64 bits per heavy atom. The molecule has 0 aliphatic heterocycles. The van der Waals surface area contributed by atoms with E-state index in [1.54, 1.807) is 0 Å². The first-order valence-electron chi connectivity index (χ1n) is 3.78. The van der Waals surface area contributed by atoms with Gasteiger partial charge in [-0.05, 0) is 12.2 Å². The number of oxime groups is 1. The SMILES string of the molecule is CNC(=O)C(/C=C/C(C)[N+](=O)[O-])=N/O. The summed E-state index contributed by atoms with van der Waals surface area (Å²) >= 11 is 0. The summed E-state index contributed by atoms with van der Waals surface area (Å²) in [5.41, 5.74) is -0.277. The Kier molecular flexibility index (Phi) is 4.90. The fraction of sp³-hybridized carbons (Fsp3) is 0.429. The maximum Gasteiger partial charge on any atom is 0.273 e. The molecule has 0 aromatic rings. The Hall–Kier alpha value is -1.92. The number of carbonyl (C=O) groups is 1. The fourth-order valence-corrected chi connectivity index (χ4v) is 0.583. The molecular weight excluding hydrogens is 190 g/mol. The zero-order valence-corrected chi connectivity index (χ0v) is 7.80. The van der Waals surface area contributed by atoms with E-state index < -0.39 is 16.9 Å². The predicted molar refractivity (Wildman–Crippen MR) is 48.9 cm³/mol. The lowest BCUT2D eigenvalue weighted by atomic mass is 10.2. The van der Waals surface area contributed by atoms with Crippen LogP contribution in [0.4, 0.5) is 0 Å². The van der Waals surface area contributed by atoms with Crippen LogP contribution < -0.4 is 5.32 Å². The molecule has 0 aliphatic rings. The smallest absolute Gasteiger partial charge is 0.273 e. The number of nitrogens with one attached hydrogen (secondary N) is 1. The van der Waals surface area contributed by atoms with Gasteiger partial charge in [-0.3, -0.25) is 14.9 Å². The van der Waals surface area contributed by atoms with Crippen LogP contribution in [0, 0.1) is 10.1 Å². The minimum Gasteiger partial charge on any atom is -0.410 e. The van der Waals surface area contributed by atoms with Crippen molar-refractivity contribution in [2.45, 2.75) is 13.0 Å². The molecule has 7 nitrogen and oxygen atoms in total. The highest BCUT2D eigenvalue weighted by Gasteiger charge is 2.10. The van der Waals surface area contributed by atoms with Crippen molar-refractivity contribution in [1.29, 1.82) is 0 Å². The van der Waals surface area contributed by atoms with Crippen LogP contribution in [0.15, 0.2) is 17.3 Å². The number of nitrogens with zero attached hydrogens (tertiary/aromatic N) is 2. The molecule has 0 aromatic carbocycles. The molecule has 0 aliphatic carbocycles. The summed E-state index contributed by atoms with van der Waals surface area (Å²) in [6.45, 7) is 1.34. The Morgan fingerprint density at radius 1 is 1.71 bits per heavy atom. The van der Waals surface area contributed by atoms with Crippen molar-refractivity contribution >= 4 is 11.6 Å². The van der Waals surface area contributed by atoms with Crippen LogP contribution in [0.3, 0.4) is 0 Å². The van der Waals surface area contributed by atoms with Gasteiger partial charge < -0.3 is 10.5 Å². The summed E-state index contributed by atoms with van der Waals surface area (Å²) in [6.07, 6.45) is 2.25. The Morgan fingerprint density at radius 2 is 2.29 bits per heavy atom. The lowest BCUT2D eigenvalue weighted by Crippen LogP contribution is -2.26. The van der Waals surface area contributed by atoms with Crippen molar-refractivity contribution in [3.63, 3.8) is 0 Å². The molecule has 1 unspecified atom stereocenters. The molecule has 0 heterocycles. The van der Waals surface area contributed by atoms with E-state index in [4.69, 9.17) is 5.21 Å². The van der Waals surface area contributed by atoms with Crippen molar-refractivity contribution in [2.24, 2.45) is 5.16 Å². The minimum atomic E-state index is -0.934. The van der Waals surface area contributed by atoms with Gasteiger partial charge in [0.1, 0.15) is 0 Å². The maximum absolute atomic E-state index is 10.9. The highest BCUT2D eigenvalue weighted by molar-refractivity contribution is 6.43. The van der Waals surface area contributed by atoms with Gasteiger partial charge in [-0.15, -0.1) is 0 Å². The molecule has 0 saturated carbocycles. The number of carbonyl (C=O) groups excluding carboxylic acids is 1. The highest BCUT2D eigenvalue weighted by atomic mass is 16.6. The summed E-state index contributed by atoms with van der Waals surface area (Å²) in [6, 6.07) is -0.934. The number of amides is 1. The Labute approximate surface area is 80.2 Å². The van der Waals surface area contributed by atoms with Crippen molar-refractivity contribution in [1.82, 2.24) is 5.32 Å². The third kappa shape index (κ3) is 3.65. The van der Waals surface area contributed by atoms with E-state index in [2.05, 4.69) is 10.5 Å². The van der Waals surface area contributed by atoms with Gasteiger partial charge in [0.15, 0.2) is 5.71 Å². The topological polar surface area (TPSA) is 105 Å². The lowest BCUT2D eigenvalue weighted by Gasteiger charge is -1.97. The van der Waals surface area contributed by atoms with Gasteiger partial charge >= 0.3 is 0 Å². The standard InChI is InChI=1S/C7H11N3O4/c1-5(10(13)14)3-4-6(9-12)7(11)8-2/h3-5,12H,1-2H3,(H,8,11)/b4-3+,9-6+. The molecule has 0 bridgehead atoms. The van der Waals surface area contributed by atoms with Gasteiger partial charge in [-0.25, -0.2) is 0 Å². The van der Waals surface area contributed by atoms with E-state index >= 15 is 0 Å². The van der Waals surface area contributed by atoms with Crippen LogP contribution >= 0.6 is 0 Å². The third-order valence-corrected chi connectivity index (χ3v) is 1.43. The van der Waals surface area contributed by atoms with Crippen LogP contribution in [0.5, 0.6) is 0 Å². The van der Waals surface area contributed by atoms with Gasteiger partial charge in [0.05, 0.1) is 0 Å². The van der Waals surface area contributed by atoms with E-state index in [1.165, 1.54) is 14.0 Å². The molecule has 2 N–H and O–H groups in total. The second kappa shape index (κ2) is 5.68. The van der Waals surface area contributed by atoms with Crippen molar-refractivity contribution in [2.75, 3.05) is 7.05 Å². The van der Waals surface area contributed by atoms with E-state index in [0.29, 0.717) is 0 Å². The molecule has 0 radical (unpaired) electrons. The van der Waals surface area contributed by atoms with Gasteiger partial charge in [0, 0.05) is 18.9 Å². The summed E-state index contributed by atoms with van der Waals surface area (Å²) in [7, 11) is 1.36. The molecule has 0 rings (SSSR count). The molecular formula is C7H11N3O4. The first-order chi connectivity index (χ1) is 6.52. The lowest BCUT2D eigenvalue weighted by molar-refractivity contribution is -0.504. The highest BCUT2D eigenvalue weighted by Crippen LogP contribution is 1.92. The zero-order chi connectivity index (χ0) is 11.1. The molecule has 14 heavy (non-hydrogen) atoms. The maximum atomic E-state index is 10.9. The van der Waals surface area contributed by atoms with Gasteiger partial charge in [0.25, 0.3) is 5.91 Å². The predicted octanol–water partition coefficient (Wildman–Crippen LogP) is -0.216. The van der Waals surface area contributed by atoms with Crippen molar-refractivity contribution in [3.8, 4) is 0 Å². The third-order valence-electron chi connectivity index (χ3n) is 1.43. The van der Waals surface area contributed by atoms with Crippen LogP contribution in [0.25, 0.3) is 0 Å². The van der Waals surface area contributed by atoms with Gasteiger partial charge in [-0.2, -0.15) is 0 Å². The molecule has 78 valence electrons. The molecule has 1 amide bonds. The summed E-state index contributed by atoms with van der Waals surface area (Å²) in [5.74, 6) is -0.612. The molecule has 0 aromatic heterocycles. The second-order valence-electron chi connectivity index (χ2n) is 2.45. The van der Waals surface area contributed by atoms with Crippen LogP contribution in [-0.2, 0) is 4.79 Å². The zero-order valence-electron chi connectivity index (χ0n) is 7.80. The summed E-state index contributed by atoms with van der Waals surface area (Å²) in [5, 5.41) is 23.5. The Balaban J connectivity index is 4.48. The van der Waals surface area contributed by atoms with Gasteiger partial charge in [-0.1, -0.05) is 5.16 Å². The average Bonchev–Trinajstić information content (AvgIpc) is 2.17. The van der Waals surface area contributed by atoms with E-state index in [1.807, 2.05) is 0 Å². The number of nitro groups is 1. The van der Waals surface area contributed by atoms with Crippen LogP contribution in [-0.4, -0.2) is 34.8 Å². The number of hydrogen-bond donors (Lipinski definition) is 2. The van der Waals surface area contributed by atoms with E-state index in [-0.39, 0.29) is 5.71 Å². The molecule has 0 fully saturated rings. The minimum absolute atomic E-state index is 0.277. The van der Waals surface area contributed by atoms with Crippen LogP contribution in [0.1, 0.15) is 6.92 Å². The summed E-state index contributed by atoms with van der Waals surface area (Å²) < 4.78 is 0. The Bertz CT molecular complexity index is 285. The van der Waals surface area contributed by atoms with Crippen molar-refractivity contribution < 1.29 is 14.9 Å².